The Hall–Kier alpha value is -0.450. The average Bonchev–Trinajstić information content (AvgIpc) is 2.22. The lowest BCUT2D eigenvalue weighted by molar-refractivity contribution is 0.626. The van der Waals surface area contributed by atoms with Gasteiger partial charge in [-0.3, -0.25) is 4.21 Å². The molecule has 0 amide bonds. The first-order chi connectivity index (χ1) is 7.04. The number of hydrogen-bond acceptors (Lipinski definition) is 2. The molecule has 0 aliphatic rings. The summed E-state index contributed by atoms with van der Waals surface area (Å²) in [5, 5.41) is 0.000134. The van der Waals surface area contributed by atoms with Crippen molar-refractivity contribution in [2.45, 2.75) is 17.9 Å². The Bertz CT molecular complexity index is 372. The van der Waals surface area contributed by atoms with E-state index in [-0.39, 0.29) is 10.3 Å². The fourth-order valence-electron chi connectivity index (χ4n) is 1.04. The van der Waals surface area contributed by atoms with Gasteiger partial charge in [-0.25, -0.2) is 4.39 Å². The third-order valence-corrected chi connectivity index (χ3v) is 4.09. The first-order valence-corrected chi connectivity index (χ1v) is 6.31. The first kappa shape index (κ1) is 12.6. The summed E-state index contributed by atoms with van der Waals surface area (Å²) in [5.41, 5.74) is 6.07. The molecule has 0 fully saturated rings. The second kappa shape index (κ2) is 5.58. The fraction of sp³-hybridized carbons (Fsp3) is 0.400. The zero-order valence-corrected chi connectivity index (χ0v) is 9.95. The summed E-state index contributed by atoms with van der Waals surface area (Å²) in [6.07, 6.45) is 0. The molecule has 2 unspecified atom stereocenters. The quantitative estimate of drug-likeness (QED) is 0.888. The molecule has 2 nitrogen and oxygen atoms in total. The minimum Gasteiger partial charge on any atom is -0.329 e. The minimum absolute atomic E-state index is 0.0799. The molecule has 0 bridgehead atoms. The molecule has 15 heavy (non-hydrogen) atoms. The molecule has 0 aliphatic carbocycles. The zero-order valence-electron chi connectivity index (χ0n) is 8.37. The van der Waals surface area contributed by atoms with Crippen LogP contribution in [0.15, 0.2) is 18.2 Å². The number of halogens is 2. The van der Waals surface area contributed by atoms with Crippen molar-refractivity contribution in [3.8, 4) is 0 Å². The largest absolute Gasteiger partial charge is 0.329 e. The van der Waals surface area contributed by atoms with E-state index in [2.05, 4.69) is 0 Å². The van der Waals surface area contributed by atoms with E-state index in [0.717, 1.165) is 0 Å². The van der Waals surface area contributed by atoms with Crippen LogP contribution < -0.4 is 5.73 Å². The Kier molecular flexibility index (Phi) is 4.70. The third kappa shape index (κ3) is 3.55. The van der Waals surface area contributed by atoms with E-state index in [0.29, 0.717) is 17.9 Å². The molecule has 0 heterocycles. The molecule has 1 aromatic carbocycles. The van der Waals surface area contributed by atoms with Crippen LogP contribution in [-0.2, 0) is 16.6 Å². The fourth-order valence-corrected chi connectivity index (χ4v) is 2.17. The Morgan fingerprint density at radius 1 is 1.60 bits per heavy atom. The summed E-state index contributed by atoms with van der Waals surface area (Å²) in [7, 11) is -1.07. The van der Waals surface area contributed by atoms with Crippen LogP contribution in [0.5, 0.6) is 0 Å². The van der Waals surface area contributed by atoms with Crippen LogP contribution in [0.2, 0.25) is 5.02 Å². The van der Waals surface area contributed by atoms with Crippen molar-refractivity contribution < 1.29 is 8.60 Å². The van der Waals surface area contributed by atoms with Gasteiger partial charge in [0.1, 0.15) is 5.82 Å². The maximum Gasteiger partial charge on any atom is 0.142 e. The van der Waals surface area contributed by atoms with Gasteiger partial charge in [-0.2, -0.15) is 0 Å². The smallest absolute Gasteiger partial charge is 0.142 e. The van der Waals surface area contributed by atoms with E-state index >= 15 is 0 Å². The third-order valence-electron chi connectivity index (χ3n) is 2.07. The maximum absolute atomic E-state index is 13.1. The second-order valence-corrected chi connectivity index (χ2v) is 5.58. The molecule has 5 heteroatoms. The van der Waals surface area contributed by atoms with Crippen molar-refractivity contribution in [3.63, 3.8) is 0 Å². The monoisotopic (exact) mass is 249 g/mol. The molecular formula is C10H13ClFNOS. The Balaban J connectivity index is 2.73. The lowest BCUT2D eigenvalue weighted by Crippen LogP contribution is -2.22. The molecule has 0 saturated heterocycles. The maximum atomic E-state index is 13.1. The van der Waals surface area contributed by atoms with E-state index in [9.17, 15) is 8.60 Å². The molecule has 0 aromatic heterocycles. The van der Waals surface area contributed by atoms with Crippen LogP contribution in [0.4, 0.5) is 4.39 Å². The highest BCUT2D eigenvalue weighted by atomic mass is 35.5. The number of hydrogen-bond donors (Lipinski definition) is 1. The number of nitrogens with two attached hydrogens (primary N) is 1. The van der Waals surface area contributed by atoms with Gasteiger partial charge in [0.05, 0.1) is 5.02 Å². The lowest BCUT2D eigenvalue weighted by Gasteiger charge is -2.08. The highest BCUT2D eigenvalue weighted by Crippen LogP contribution is 2.17. The van der Waals surface area contributed by atoms with E-state index in [4.69, 9.17) is 17.3 Å². The summed E-state index contributed by atoms with van der Waals surface area (Å²) in [4.78, 5) is 0. The molecule has 84 valence electrons. The van der Waals surface area contributed by atoms with Gasteiger partial charge in [0.2, 0.25) is 0 Å². The average molecular weight is 250 g/mol. The lowest BCUT2D eigenvalue weighted by atomic mass is 10.2. The summed E-state index contributed by atoms with van der Waals surface area (Å²) in [6.45, 7) is 2.17. The normalized spacial score (nSPS) is 14.9. The van der Waals surface area contributed by atoms with Crippen molar-refractivity contribution in [3.05, 3.63) is 34.6 Å². The van der Waals surface area contributed by atoms with Crippen LogP contribution in [-0.4, -0.2) is 16.0 Å². The summed E-state index contributed by atoms with van der Waals surface area (Å²) >= 11 is 5.54. The summed E-state index contributed by atoms with van der Waals surface area (Å²) in [6, 6.07) is 4.45. The summed E-state index contributed by atoms with van der Waals surface area (Å²) < 4.78 is 24.7. The van der Waals surface area contributed by atoms with Gasteiger partial charge in [-0.05, 0) is 24.6 Å². The highest BCUT2D eigenvalue weighted by Gasteiger charge is 2.10. The predicted octanol–water partition coefficient (Wildman–Crippen LogP) is 2.08. The highest BCUT2D eigenvalue weighted by molar-refractivity contribution is 7.84. The van der Waals surface area contributed by atoms with Gasteiger partial charge in [0, 0.05) is 28.3 Å². The van der Waals surface area contributed by atoms with Crippen molar-refractivity contribution in [1.29, 1.82) is 0 Å². The van der Waals surface area contributed by atoms with Crippen molar-refractivity contribution in [2.75, 3.05) is 6.54 Å². The van der Waals surface area contributed by atoms with Crippen molar-refractivity contribution in [1.82, 2.24) is 0 Å². The molecular weight excluding hydrogens is 237 g/mol. The van der Waals surface area contributed by atoms with Crippen LogP contribution >= 0.6 is 11.6 Å². The molecule has 0 spiro atoms. The van der Waals surface area contributed by atoms with Gasteiger partial charge < -0.3 is 5.73 Å². The zero-order chi connectivity index (χ0) is 11.4. The molecule has 2 atom stereocenters. The number of benzene rings is 1. The Labute approximate surface area is 96.1 Å². The summed E-state index contributed by atoms with van der Waals surface area (Å²) in [5.74, 6) is -0.168. The molecule has 1 rings (SSSR count). The van der Waals surface area contributed by atoms with Crippen LogP contribution in [0.25, 0.3) is 0 Å². The standard InChI is InChI=1S/C10H13ClFNOS/c1-7(5-13)15(14)6-8-2-3-9(11)10(12)4-8/h2-4,7H,5-6,13H2,1H3. The Morgan fingerprint density at radius 2 is 2.27 bits per heavy atom. The van der Waals surface area contributed by atoms with Crippen LogP contribution in [0.1, 0.15) is 12.5 Å². The van der Waals surface area contributed by atoms with E-state index in [1.807, 2.05) is 6.92 Å². The molecule has 2 N–H and O–H groups in total. The molecule has 0 aliphatic heterocycles. The van der Waals surface area contributed by atoms with Crippen LogP contribution in [0, 0.1) is 5.82 Å². The van der Waals surface area contributed by atoms with Gasteiger partial charge >= 0.3 is 0 Å². The topological polar surface area (TPSA) is 43.1 Å². The van der Waals surface area contributed by atoms with Gasteiger partial charge in [0.15, 0.2) is 0 Å². The minimum atomic E-state index is -1.07. The SMILES string of the molecule is CC(CN)S(=O)Cc1ccc(Cl)c(F)c1. The van der Waals surface area contributed by atoms with Crippen molar-refractivity contribution in [2.24, 2.45) is 5.73 Å². The Morgan fingerprint density at radius 3 is 2.80 bits per heavy atom. The molecule has 0 saturated carbocycles. The van der Waals surface area contributed by atoms with Gasteiger partial charge in [0.25, 0.3) is 0 Å². The van der Waals surface area contributed by atoms with Gasteiger partial charge in [-0.15, -0.1) is 0 Å². The first-order valence-electron chi connectivity index (χ1n) is 4.55. The van der Waals surface area contributed by atoms with E-state index in [1.54, 1.807) is 6.07 Å². The number of rotatable bonds is 4. The predicted molar refractivity (Wildman–Crippen MR) is 61.8 cm³/mol. The molecule has 0 radical (unpaired) electrons. The van der Waals surface area contributed by atoms with Crippen molar-refractivity contribution >= 4 is 22.4 Å². The van der Waals surface area contributed by atoms with E-state index < -0.39 is 16.6 Å². The van der Waals surface area contributed by atoms with E-state index in [1.165, 1.54) is 12.1 Å². The van der Waals surface area contributed by atoms with Crippen LogP contribution in [0.3, 0.4) is 0 Å². The van der Waals surface area contributed by atoms with Gasteiger partial charge in [-0.1, -0.05) is 17.7 Å². The second-order valence-electron chi connectivity index (χ2n) is 3.32. The molecule has 1 aromatic rings.